The van der Waals surface area contributed by atoms with Crippen molar-refractivity contribution in [1.29, 1.82) is 0 Å². The molecule has 0 saturated carbocycles. The maximum absolute atomic E-state index is 12.0. The van der Waals surface area contributed by atoms with Gasteiger partial charge in [0.15, 0.2) is 0 Å². The molecule has 1 aliphatic heterocycles. The van der Waals surface area contributed by atoms with Gasteiger partial charge in [0.05, 0.1) is 0 Å². The van der Waals surface area contributed by atoms with Gasteiger partial charge in [0.2, 0.25) is 0 Å². The van der Waals surface area contributed by atoms with Crippen molar-refractivity contribution in [1.82, 2.24) is 9.88 Å². The number of hydrogen-bond donors (Lipinski definition) is 0. The van der Waals surface area contributed by atoms with Crippen LogP contribution in [0.25, 0.3) is 0 Å². The number of hydrogen-bond acceptors (Lipinski definition) is 4. The third-order valence-electron chi connectivity index (χ3n) is 3.95. The zero-order valence-corrected chi connectivity index (χ0v) is 17.2. The van der Waals surface area contributed by atoms with Gasteiger partial charge in [-0.25, -0.2) is 9.78 Å². The Balaban J connectivity index is 0.000000313. The summed E-state index contributed by atoms with van der Waals surface area (Å²) in [5.41, 5.74) is 1.91. The molecule has 5 nitrogen and oxygen atoms in total. The third-order valence-corrected chi connectivity index (χ3v) is 4.15. The molecule has 27 heavy (non-hydrogen) atoms. The first-order valence-corrected chi connectivity index (χ1v) is 9.48. The lowest BCUT2D eigenvalue weighted by Crippen LogP contribution is -2.50. The van der Waals surface area contributed by atoms with Crippen LogP contribution >= 0.6 is 11.6 Å². The number of ether oxygens (including phenoxy) is 1. The first kappa shape index (κ1) is 21.0. The fourth-order valence-corrected chi connectivity index (χ4v) is 2.77. The maximum Gasteiger partial charge on any atom is 0.410 e. The van der Waals surface area contributed by atoms with E-state index >= 15 is 0 Å². The first-order valence-electron chi connectivity index (χ1n) is 9.11. The molecule has 2 heterocycles. The van der Waals surface area contributed by atoms with Gasteiger partial charge in [0.25, 0.3) is 0 Å². The van der Waals surface area contributed by atoms with E-state index < -0.39 is 5.60 Å². The van der Waals surface area contributed by atoms with Crippen molar-refractivity contribution in [3.8, 4) is 0 Å². The van der Waals surface area contributed by atoms with Gasteiger partial charge >= 0.3 is 6.09 Å². The van der Waals surface area contributed by atoms with Gasteiger partial charge in [-0.1, -0.05) is 47.5 Å². The molecule has 3 rings (SSSR count). The van der Waals surface area contributed by atoms with E-state index in [1.165, 1.54) is 5.56 Å². The van der Waals surface area contributed by atoms with Crippen LogP contribution in [0.1, 0.15) is 26.3 Å². The molecular formula is C21H28ClN3O2. The van der Waals surface area contributed by atoms with Crippen molar-refractivity contribution in [2.75, 3.05) is 31.1 Å². The Kier molecular flexibility index (Phi) is 7.48. The summed E-state index contributed by atoms with van der Waals surface area (Å²) in [4.78, 5) is 19.9. The maximum atomic E-state index is 12.0. The van der Waals surface area contributed by atoms with Crippen LogP contribution < -0.4 is 4.90 Å². The van der Waals surface area contributed by atoms with Crippen LogP contribution in [0.15, 0.2) is 48.7 Å². The number of carbonyl (C=O) groups excluding carboxylic acids is 1. The summed E-state index contributed by atoms with van der Waals surface area (Å²) in [6, 6.07) is 14.0. The molecule has 1 fully saturated rings. The van der Waals surface area contributed by atoms with E-state index in [0.29, 0.717) is 18.2 Å². The number of aromatic nitrogens is 1. The fourth-order valence-electron chi connectivity index (χ4n) is 2.60. The van der Waals surface area contributed by atoms with Crippen LogP contribution in [0, 0.1) is 6.92 Å². The van der Waals surface area contributed by atoms with Crippen LogP contribution in [0.2, 0.25) is 5.15 Å². The molecule has 6 heteroatoms. The second-order valence-corrected chi connectivity index (χ2v) is 7.83. The largest absolute Gasteiger partial charge is 0.444 e. The monoisotopic (exact) mass is 389 g/mol. The number of benzene rings is 1. The highest BCUT2D eigenvalue weighted by Gasteiger charge is 2.25. The van der Waals surface area contributed by atoms with E-state index in [1.54, 1.807) is 11.1 Å². The number of aryl methyl sites for hydroxylation is 1. The standard InChI is InChI=1S/C14H20ClN3O2.C7H8/c1-14(2,3)20-13(19)18-8-6-17(7-9-18)11-4-5-16-12(15)10-11;1-7-5-3-2-4-6-7/h4-5,10H,6-9H2,1-3H3;2-6H,1H3. The van der Waals surface area contributed by atoms with E-state index in [4.69, 9.17) is 16.3 Å². The Labute approximate surface area is 166 Å². The summed E-state index contributed by atoms with van der Waals surface area (Å²) in [5, 5.41) is 0.483. The lowest BCUT2D eigenvalue weighted by molar-refractivity contribution is 0.0240. The molecule has 1 aliphatic rings. The number of anilines is 1. The summed E-state index contributed by atoms with van der Waals surface area (Å²) < 4.78 is 5.37. The number of nitrogens with zero attached hydrogens (tertiary/aromatic N) is 3. The van der Waals surface area contributed by atoms with Gasteiger partial charge in [0, 0.05) is 38.1 Å². The van der Waals surface area contributed by atoms with Crippen LogP contribution in [0.3, 0.4) is 0 Å². The highest BCUT2D eigenvalue weighted by atomic mass is 35.5. The van der Waals surface area contributed by atoms with E-state index in [1.807, 2.05) is 51.1 Å². The summed E-state index contributed by atoms with van der Waals surface area (Å²) >= 11 is 5.89. The van der Waals surface area contributed by atoms with Crippen LogP contribution in [-0.2, 0) is 4.74 Å². The minimum absolute atomic E-state index is 0.245. The smallest absolute Gasteiger partial charge is 0.410 e. The fraction of sp³-hybridized carbons (Fsp3) is 0.429. The number of pyridine rings is 1. The Morgan fingerprint density at radius 2 is 1.70 bits per heavy atom. The van der Waals surface area contributed by atoms with Gasteiger partial charge in [-0.2, -0.15) is 0 Å². The summed E-state index contributed by atoms with van der Waals surface area (Å²) in [6.45, 7) is 10.5. The van der Waals surface area contributed by atoms with Gasteiger partial charge in [0.1, 0.15) is 10.8 Å². The predicted octanol–water partition coefficient (Wildman–Crippen LogP) is 4.79. The Morgan fingerprint density at radius 1 is 1.07 bits per heavy atom. The number of halogens is 1. The number of piperazine rings is 1. The molecule has 146 valence electrons. The highest BCUT2D eigenvalue weighted by molar-refractivity contribution is 6.29. The SMILES string of the molecule is CC(C)(C)OC(=O)N1CCN(c2ccnc(Cl)c2)CC1.Cc1ccccc1. The van der Waals surface area contributed by atoms with Crippen molar-refractivity contribution >= 4 is 23.4 Å². The third kappa shape index (κ3) is 7.47. The molecule has 1 amide bonds. The molecule has 0 aliphatic carbocycles. The zero-order chi connectivity index (χ0) is 19.9. The van der Waals surface area contributed by atoms with Crippen molar-refractivity contribution in [2.45, 2.75) is 33.3 Å². The Morgan fingerprint density at radius 3 is 2.19 bits per heavy atom. The number of rotatable bonds is 1. The Bertz CT molecular complexity index is 724. The molecule has 0 atom stereocenters. The van der Waals surface area contributed by atoms with Gasteiger partial charge in [-0.3, -0.25) is 0 Å². The van der Waals surface area contributed by atoms with E-state index in [0.717, 1.165) is 18.8 Å². The van der Waals surface area contributed by atoms with E-state index in [2.05, 4.69) is 28.9 Å². The topological polar surface area (TPSA) is 45.7 Å². The summed E-state index contributed by atoms with van der Waals surface area (Å²) in [7, 11) is 0. The van der Waals surface area contributed by atoms with Crippen LogP contribution in [0.4, 0.5) is 10.5 Å². The lowest BCUT2D eigenvalue weighted by atomic mass is 10.2. The van der Waals surface area contributed by atoms with Crippen LogP contribution in [0.5, 0.6) is 0 Å². The molecular weight excluding hydrogens is 362 g/mol. The second kappa shape index (κ2) is 9.60. The number of carbonyl (C=O) groups is 1. The quantitative estimate of drug-likeness (QED) is 0.658. The van der Waals surface area contributed by atoms with Crippen LogP contribution in [-0.4, -0.2) is 47.8 Å². The van der Waals surface area contributed by atoms with Gasteiger partial charge in [-0.05, 0) is 39.8 Å². The summed E-state index contributed by atoms with van der Waals surface area (Å²) in [6.07, 6.45) is 1.45. The average molecular weight is 390 g/mol. The first-order chi connectivity index (χ1) is 12.7. The molecule has 0 bridgehead atoms. The van der Waals surface area contributed by atoms with Crippen molar-refractivity contribution in [2.24, 2.45) is 0 Å². The van der Waals surface area contributed by atoms with Crippen molar-refractivity contribution in [3.05, 3.63) is 59.4 Å². The van der Waals surface area contributed by atoms with Crippen molar-refractivity contribution in [3.63, 3.8) is 0 Å². The van der Waals surface area contributed by atoms with Crippen molar-refractivity contribution < 1.29 is 9.53 Å². The zero-order valence-electron chi connectivity index (χ0n) is 16.5. The number of amides is 1. The normalized spacial score (nSPS) is 14.3. The van der Waals surface area contributed by atoms with Gasteiger partial charge in [-0.15, -0.1) is 0 Å². The lowest BCUT2D eigenvalue weighted by Gasteiger charge is -2.36. The minimum Gasteiger partial charge on any atom is -0.444 e. The van der Waals surface area contributed by atoms with Gasteiger partial charge < -0.3 is 14.5 Å². The highest BCUT2D eigenvalue weighted by Crippen LogP contribution is 2.19. The molecule has 0 spiro atoms. The molecule has 2 aromatic rings. The molecule has 1 aromatic carbocycles. The van der Waals surface area contributed by atoms with E-state index in [9.17, 15) is 4.79 Å². The molecule has 0 radical (unpaired) electrons. The average Bonchev–Trinajstić information content (AvgIpc) is 2.62. The summed E-state index contributed by atoms with van der Waals surface area (Å²) in [5.74, 6) is 0. The molecule has 1 aromatic heterocycles. The Hall–Kier alpha value is -2.27. The molecule has 0 N–H and O–H groups in total. The predicted molar refractivity (Wildman–Crippen MR) is 110 cm³/mol. The minimum atomic E-state index is -0.452. The second-order valence-electron chi connectivity index (χ2n) is 7.45. The molecule has 0 unspecified atom stereocenters. The van der Waals surface area contributed by atoms with E-state index in [-0.39, 0.29) is 6.09 Å². The molecule has 1 saturated heterocycles.